The molecule has 0 radical (unpaired) electrons. The first-order valence-corrected chi connectivity index (χ1v) is 6.25. The van der Waals surface area contributed by atoms with Crippen molar-refractivity contribution in [1.82, 2.24) is 5.32 Å². The maximum absolute atomic E-state index is 13.9. The van der Waals surface area contributed by atoms with Crippen molar-refractivity contribution in [2.75, 3.05) is 20.2 Å². The van der Waals surface area contributed by atoms with E-state index in [9.17, 15) is 4.39 Å². The number of rotatable bonds is 3. The molecule has 1 N–H and O–H groups in total. The predicted octanol–water partition coefficient (Wildman–Crippen LogP) is 2.68. The summed E-state index contributed by atoms with van der Waals surface area (Å²) >= 11 is 0. The van der Waals surface area contributed by atoms with Gasteiger partial charge in [0.25, 0.3) is 0 Å². The molecule has 1 unspecified atom stereocenters. The smallest absolute Gasteiger partial charge is 0.168 e. The van der Waals surface area contributed by atoms with Crippen molar-refractivity contribution in [1.29, 1.82) is 0 Å². The molecule has 3 heteroatoms. The van der Waals surface area contributed by atoms with E-state index in [0.29, 0.717) is 17.2 Å². The molecular weight excluding hydrogens is 217 g/mol. The largest absolute Gasteiger partial charge is 0.493 e. The summed E-state index contributed by atoms with van der Waals surface area (Å²) in [6.45, 7) is 3.90. The summed E-state index contributed by atoms with van der Waals surface area (Å²) in [6.07, 6.45) is 3.32. The summed E-state index contributed by atoms with van der Waals surface area (Å²) in [5, 5.41) is 3.38. The summed E-state index contributed by atoms with van der Waals surface area (Å²) in [5.41, 5.74) is 1.64. The Morgan fingerprint density at radius 2 is 2.29 bits per heavy atom. The Labute approximate surface area is 102 Å². The second-order valence-electron chi connectivity index (χ2n) is 4.81. The highest BCUT2D eigenvalue weighted by molar-refractivity contribution is 5.39. The Bertz CT molecular complexity index is 386. The molecule has 2 nitrogen and oxygen atoms in total. The lowest BCUT2D eigenvalue weighted by atomic mass is 9.91. The standard InChI is InChI=1S/C14H20FNO/c1-10-5-6-12(14(17-2)13(10)15)8-11-4-3-7-16-9-11/h5-6,11,16H,3-4,7-9H2,1-2H3. The summed E-state index contributed by atoms with van der Waals surface area (Å²) in [5.74, 6) is 0.809. The van der Waals surface area contributed by atoms with E-state index in [0.717, 1.165) is 25.1 Å². The average molecular weight is 237 g/mol. The van der Waals surface area contributed by atoms with Crippen LogP contribution in [0.1, 0.15) is 24.0 Å². The molecule has 0 aromatic heterocycles. The number of methoxy groups -OCH3 is 1. The lowest BCUT2D eigenvalue weighted by molar-refractivity contribution is 0.354. The molecule has 94 valence electrons. The molecule has 0 bridgehead atoms. The van der Waals surface area contributed by atoms with E-state index in [2.05, 4.69) is 5.32 Å². The second kappa shape index (κ2) is 5.50. The van der Waals surface area contributed by atoms with Crippen molar-refractivity contribution >= 4 is 0 Å². The molecular formula is C14H20FNO. The summed E-state index contributed by atoms with van der Waals surface area (Å²) in [7, 11) is 1.54. The number of hydrogen-bond donors (Lipinski definition) is 1. The molecule has 1 aromatic rings. The van der Waals surface area contributed by atoms with Gasteiger partial charge in [-0.25, -0.2) is 4.39 Å². The van der Waals surface area contributed by atoms with Gasteiger partial charge < -0.3 is 10.1 Å². The third-order valence-corrected chi connectivity index (χ3v) is 3.48. The van der Waals surface area contributed by atoms with Crippen molar-refractivity contribution in [3.8, 4) is 5.75 Å². The molecule has 1 aliphatic rings. The van der Waals surface area contributed by atoms with Gasteiger partial charge >= 0.3 is 0 Å². The monoisotopic (exact) mass is 237 g/mol. The zero-order chi connectivity index (χ0) is 12.3. The molecule has 1 saturated heterocycles. The number of piperidine rings is 1. The van der Waals surface area contributed by atoms with Crippen molar-refractivity contribution in [2.24, 2.45) is 5.92 Å². The van der Waals surface area contributed by atoms with Crippen LogP contribution < -0.4 is 10.1 Å². The highest BCUT2D eigenvalue weighted by atomic mass is 19.1. The fourth-order valence-electron chi connectivity index (χ4n) is 2.49. The molecule has 2 rings (SSSR count). The number of nitrogens with one attached hydrogen (secondary N) is 1. The second-order valence-corrected chi connectivity index (χ2v) is 4.81. The van der Waals surface area contributed by atoms with Gasteiger partial charge in [0, 0.05) is 0 Å². The number of benzene rings is 1. The minimum Gasteiger partial charge on any atom is -0.493 e. The van der Waals surface area contributed by atoms with Crippen LogP contribution in [-0.2, 0) is 6.42 Å². The van der Waals surface area contributed by atoms with Crippen molar-refractivity contribution in [2.45, 2.75) is 26.2 Å². The molecule has 17 heavy (non-hydrogen) atoms. The lowest BCUT2D eigenvalue weighted by Crippen LogP contribution is -2.30. The van der Waals surface area contributed by atoms with Gasteiger partial charge in [-0.3, -0.25) is 0 Å². The van der Waals surface area contributed by atoms with Gasteiger partial charge in [-0.05, 0) is 56.3 Å². The van der Waals surface area contributed by atoms with Crippen LogP contribution in [0.4, 0.5) is 4.39 Å². The number of hydrogen-bond acceptors (Lipinski definition) is 2. The van der Waals surface area contributed by atoms with Crippen LogP contribution in [0.25, 0.3) is 0 Å². The van der Waals surface area contributed by atoms with Crippen LogP contribution in [0.15, 0.2) is 12.1 Å². The zero-order valence-electron chi connectivity index (χ0n) is 10.6. The van der Waals surface area contributed by atoms with Gasteiger partial charge in [0.1, 0.15) is 0 Å². The van der Waals surface area contributed by atoms with Crippen LogP contribution in [-0.4, -0.2) is 20.2 Å². The molecule has 0 amide bonds. The van der Waals surface area contributed by atoms with Crippen molar-refractivity contribution in [3.63, 3.8) is 0 Å². The predicted molar refractivity (Wildman–Crippen MR) is 67.0 cm³/mol. The highest BCUT2D eigenvalue weighted by Gasteiger charge is 2.18. The maximum atomic E-state index is 13.9. The normalized spacial score (nSPS) is 20.3. The number of halogens is 1. The van der Waals surface area contributed by atoms with Crippen LogP contribution in [0.3, 0.4) is 0 Å². The summed E-state index contributed by atoms with van der Waals surface area (Å²) in [4.78, 5) is 0. The van der Waals surface area contributed by atoms with Crippen molar-refractivity contribution in [3.05, 3.63) is 29.1 Å². The van der Waals surface area contributed by atoms with Crippen LogP contribution in [0, 0.1) is 18.7 Å². The van der Waals surface area contributed by atoms with E-state index >= 15 is 0 Å². The van der Waals surface area contributed by atoms with Crippen LogP contribution in [0.2, 0.25) is 0 Å². The molecule has 1 aliphatic heterocycles. The summed E-state index contributed by atoms with van der Waals surface area (Å²) < 4.78 is 19.1. The van der Waals surface area contributed by atoms with E-state index in [-0.39, 0.29) is 5.82 Å². The van der Waals surface area contributed by atoms with E-state index < -0.39 is 0 Å². The molecule has 0 saturated carbocycles. The average Bonchev–Trinajstić information content (AvgIpc) is 2.36. The topological polar surface area (TPSA) is 21.3 Å². The van der Waals surface area contributed by atoms with Gasteiger partial charge in [-0.1, -0.05) is 12.1 Å². The molecule has 1 fully saturated rings. The van der Waals surface area contributed by atoms with E-state index in [4.69, 9.17) is 4.74 Å². The fourth-order valence-corrected chi connectivity index (χ4v) is 2.49. The quantitative estimate of drug-likeness (QED) is 0.872. The van der Waals surface area contributed by atoms with E-state index in [1.165, 1.54) is 12.8 Å². The lowest BCUT2D eigenvalue weighted by Gasteiger charge is -2.23. The molecule has 1 heterocycles. The molecule has 0 spiro atoms. The fraction of sp³-hybridized carbons (Fsp3) is 0.571. The Balaban J connectivity index is 2.17. The Kier molecular flexibility index (Phi) is 4.00. The first-order chi connectivity index (χ1) is 8.22. The minimum absolute atomic E-state index is 0.214. The Morgan fingerprint density at radius 3 is 2.94 bits per heavy atom. The minimum atomic E-state index is -0.214. The van der Waals surface area contributed by atoms with Crippen LogP contribution in [0.5, 0.6) is 5.75 Å². The third-order valence-electron chi connectivity index (χ3n) is 3.48. The zero-order valence-corrected chi connectivity index (χ0v) is 10.6. The highest BCUT2D eigenvalue weighted by Crippen LogP contribution is 2.28. The molecule has 1 aromatic carbocycles. The number of ether oxygens (including phenoxy) is 1. The van der Waals surface area contributed by atoms with Gasteiger partial charge in [0.05, 0.1) is 7.11 Å². The molecule has 1 atom stereocenters. The molecule has 0 aliphatic carbocycles. The SMILES string of the molecule is COc1c(CC2CCCNC2)ccc(C)c1F. The van der Waals surface area contributed by atoms with Gasteiger partial charge in [-0.15, -0.1) is 0 Å². The maximum Gasteiger partial charge on any atom is 0.168 e. The van der Waals surface area contributed by atoms with Gasteiger partial charge in [-0.2, -0.15) is 0 Å². The number of aryl methyl sites for hydroxylation is 1. The van der Waals surface area contributed by atoms with Crippen LogP contribution >= 0.6 is 0 Å². The van der Waals surface area contributed by atoms with E-state index in [1.54, 1.807) is 14.0 Å². The first kappa shape index (κ1) is 12.4. The van der Waals surface area contributed by atoms with Gasteiger partial charge in [0.15, 0.2) is 11.6 Å². The Hall–Kier alpha value is -1.09. The third kappa shape index (κ3) is 2.78. The van der Waals surface area contributed by atoms with Crippen molar-refractivity contribution < 1.29 is 9.13 Å². The summed E-state index contributed by atoms with van der Waals surface area (Å²) in [6, 6.07) is 3.83. The van der Waals surface area contributed by atoms with Gasteiger partial charge in [0.2, 0.25) is 0 Å². The van der Waals surface area contributed by atoms with E-state index in [1.807, 2.05) is 12.1 Å². The Morgan fingerprint density at radius 1 is 1.47 bits per heavy atom. The first-order valence-electron chi connectivity index (χ1n) is 6.25.